The lowest BCUT2D eigenvalue weighted by molar-refractivity contribution is -0.136. The van der Waals surface area contributed by atoms with Crippen LogP contribution in [0.1, 0.15) is 35.1 Å². The number of carbonyl (C=O) groups excluding carboxylic acids is 1. The quantitative estimate of drug-likeness (QED) is 0.608. The summed E-state index contributed by atoms with van der Waals surface area (Å²) in [6, 6.07) is 13.7. The first kappa shape index (κ1) is 22.4. The molecule has 1 aliphatic heterocycles. The SMILES string of the molecule is COC(=O)C1=C(C)OC(N)=C(C#N)[C@@H]1c1cc(COc2ccccc2Br)c(C)cc1C. The van der Waals surface area contributed by atoms with Crippen LogP contribution in [-0.4, -0.2) is 13.1 Å². The summed E-state index contributed by atoms with van der Waals surface area (Å²) in [5.41, 5.74) is 10.1. The summed E-state index contributed by atoms with van der Waals surface area (Å²) in [6.07, 6.45) is 0. The van der Waals surface area contributed by atoms with Crippen molar-refractivity contribution in [2.24, 2.45) is 5.73 Å². The predicted octanol–water partition coefficient (Wildman–Crippen LogP) is 4.90. The number of hydrogen-bond donors (Lipinski definition) is 1. The van der Waals surface area contributed by atoms with Crippen LogP contribution in [0.15, 0.2) is 63.7 Å². The van der Waals surface area contributed by atoms with Crippen molar-refractivity contribution in [3.05, 3.63) is 85.9 Å². The maximum atomic E-state index is 12.6. The number of para-hydroxylation sites is 1. The molecule has 1 atom stereocenters. The molecule has 2 aromatic carbocycles. The normalized spacial score (nSPS) is 15.9. The third kappa shape index (κ3) is 4.44. The largest absolute Gasteiger partial charge is 0.488 e. The molecule has 7 heteroatoms. The van der Waals surface area contributed by atoms with Crippen molar-refractivity contribution >= 4 is 21.9 Å². The summed E-state index contributed by atoms with van der Waals surface area (Å²) in [5, 5.41) is 9.78. The Balaban J connectivity index is 2.08. The molecular formula is C24H23BrN2O4. The van der Waals surface area contributed by atoms with Crippen LogP contribution in [-0.2, 0) is 20.9 Å². The number of nitriles is 1. The maximum absolute atomic E-state index is 12.6. The van der Waals surface area contributed by atoms with Crippen molar-refractivity contribution in [1.29, 1.82) is 5.26 Å². The number of rotatable bonds is 5. The second-order valence-corrected chi connectivity index (χ2v) is 8.09. The zero-order chi connectivity index (χ0) is 22.7. The second-order valence-electron chi connectivity index (χ2n) is 7.24. The number of carbonyl (C=O) groups is 1. The Bertz CT molecular complexity index is 1140. The zero-order valence-electron chi connectivity index (χ0n) is 17.8. The van der Waals surface area contributed by atoms with Gasteiger partial charge in [0.25, 0.3) is 0 Å². The van der Waals surface area contributed by atoms with Crippen LogP contribution in [0.5, 0.6) is 5.75 Å². The van der Waals surface area contributed by atoms with Gasteiger partial charge in [0, 0.05) is 0 Å². The van der Waals surface area contributed by atoms with E-state index in [2.05, 4.69) is 22.0 Å². The number of hydrogen-bond acceptors (Lipinski definition) is 6. The molecule has 6 nitrogen and oxygen atoms in total. The molecule has 0 unspecified atom stereocenters. The Hall–Kier alpha value is -3.24. The standard InChI is InChI=1S/C24H23BrN2O4/c1-13-9-14(2)17(10-16(13)12-30-20-8-6-5-7-19(20)25)22-18(11-26)23(27)31-15(3)21(22)24(28)29-4/h5-10,22H,12,27H2,1-4H3/t22-/m0/s1. The fourth-order valence-electron chi connectivity index (χ4n) is 3.67. The van der Waals surface area contributed by atoms with E-state index >= 15 is 0 Å². The maximum Gasteiger partial charge on any atom is 0.338 e. The molecule has 2 aromatic rings. The van der Waals surface area contributed by atoms with Crippen LogP contribution in [0, 0.1) is 25.2 Å². The molecule has 0 amide bonds. The molecule has 1 heterocycles. The Morgan fingerprint density at radius 1 is 1.23 bits per heavy atom. The summed E-state index contributed by atoms with van der Waals surface area (Å²) in [4.78, 5) is 12.6. The zero-order valence-corrected chi connectivity index (χ0v) is 19.4. The minimum absolute atomic E-state index is 0.0105. The molecule has 1 aliphatic rings. The van der Waals surface area contributed by atoms with E-state index in [9.17, 15) is 10.1 Å². The average Bonchev–Trinajstić information content (AvgIpc) is 2.73. The highest BCUT2D eigenvalue weighted by Crippen LogP contribution is 2.41. The highest BCUT2D eigenvalue weighted by Gasteiger charge is 2.37. The number of esters is 1. The number of benzene rings is 2. The topological polar surface area (TPSA) is 94.6 Å². The van der Waals surface area contributed by atoms with Gasteiger partial charge >= 0.3 is 5.97 Å². The molecule has 0 saturated heterocycles. The van der Waals surface area contributed by atoms with Crippen LogP contribution < -0.4 is 10.5 Å². The van der Waals surface area contributed by atoms with Crippen LogP contribution in [0.4, 0.5) is 0 Å². The lowest BCUT2D eigenvalue weighted by atomic mass is 9.80. The Morgan fingerprint density at radius 3 is 2.58 bits per heavy atom. The van der Waals surface area contributed by atoms with Gasteiger partial charge in [-0.05, 0) is 71.1 Å². The third-order valence-corrected chi connectivity index (χ3v) is 5.92. The van der Waals surface area contributed by atoms with Gasteiger partial charge in [0.05, 0.1) is 23.1 Å². The van der Waals surface area contributed by atoms with Crippen molar-refractivity contribution in [3.8, 4) is 11.8 Å². The van der Waals surface area contributed by atoms with Gasteiger partial charge in [0.1, 0.15) is 29.8 Å². The van der Waals surface area contributed by atoms with Crippen LogP contribution in [0.25, 0.3) is 0 Å². The summed E-state index contributed by atoms with van der Waals surface area (Å²) >= 11 is 3.49. The Kier molecular flexibility index (Phi) is 6.71. The van der Waals surface area contributed by atoms with Crippen molar-refractivity contribution < 1.29 is 19.0 Å². The first-order valence-electron chi connectivity index (χ1n) is 9.62. The minimum atomic E-state index is -0.686. The summed E-state index contributed by atoms with van der Waals surface area (Å²) < 4.78 is 17.3. The number of methoxy groups -OCH3 is 1. The average molecular weight is 483 g/mol. The lowest BCUT2D eigenvalue weighted by Gasteiger charge is -2.28. The fourth-order valence-corrected chi connectivity index (χ4v) is 4.07. The molecule has 0 spiro atoms. The molecule has 0 saturated carbocycles. The van der Waals surface area contributed by atoms with E-state index in [1.807, 2.05) is 50.2 Å². The monoisotopic (exact) mass is 482 g/mol. The molecule has 0 radical (unpaired) electrons. The van der Waals surface area contributed by atoms with E-state index in [4.69, 9.17) is 19.9 Å². The van der Waals surface area contributed by atoms with Gasteiger partial charge in [-0.3, -0.25) is 0 Å². The van der Waals surface area contributed by atoms with E-state index in [0.717, 1.165) is 32.5 Å². The molecular weight excluding hydrogens is 460 g/mol. The van der Waals surface area contributed by atoms with E-state index in [1.54, 1.807) is 6.92 Å². The summed E-state index contributed by atoms with van der Waals surface area (Å²) in [5.74, 6) is -0.214. The van der Waals surface area contributed by atoms with Gasteiger partial charge in [-0.25, -0.2) is 4.79 Å². The first-order chi connectivity index (χ1) is 14.8. The minimum Gasteiger partial charge on any atom is -0.488 e. The lowest BCUT2D eigenvalue weighted by Crippen LogP contribution is -2.25. The summed E-state index contributed by atoms with van der Waals surface area (Å²) in [7, 11) is 1.30. The predicted molar refractivity (Wildman–Crippen MR) is 120 cm³/mol. The van der Waals surface area contributed by atoms with Gasteiger partial charge in [-0.2, -0.15) is 5.26 Å². The molecule has 31 heavy (non-hydrogen) atoms. The second kappa shape index (κ2) is 9.27. The number of aryl methyl sites for hydroxylation is 2. The fraction of sp³-hybridized carbons (Fsp3) is 0.250. The molecule has 0 fully saturated rings. The smallest absolute Gasteiger partial charge is 0.338 e. The highest BCUT2D eigenvalue weighted by atomic mass is 79.9. The van der Waals surface area contributed by atoms with E-state index in [0.29, 0.717) is 12.4 Å². The van der Waals surface area contributed by atoms with Crippen molar-refractivity contribution in [1.82, 2.24) is 0 Å². The summed E-state index contributed by atoms with van der Waals surface area (Å²) in [6.45, 7) is 5.89. The van der Waals surface area contributed by atoms with Gasteiger partial charge in [-0.1, -0.05) is 24.3 Å². The molecule has 0 aromatic heterocycles. The Labute approximate surface area is 190 Å². The van der Waals surface area contributed by atoms with Crippen molar-refractivity contribution in [2.45, 2.75) is 33.3 Å². The van der Waals surface area contributed by atoms with Gasteiger partial charge in [-0.15, -0.1) is 0 Å². The van der Waals surface area contributed by atoms with E-state index < -0.39 is 11.9 Å². The van der Waals surface area contributed by atoms with E-state index in [-0.39, 0.29) is 17.0 Å². The van der Waals surface area contributed by atoms with Crippen LogP contribution >= 0.6 is 15.9 Å². The van der Waals surface area contributed by atoms with Crippen molar-refractivity contribution in [2.75, 3.05) is 7.11 Å². The van der Waals surface area contributed by atoms with Gasteiger partial charge in [0.2, 0.25) is 5.88 Å². The number of nitrogens with two attached hydrogens (primary N) is 1. The first-order valence-corrected chi connectivity index (χ1v) is 10.4. The number of allylic oxidation sites excluding steroid dienone is 2. The number of ether oxygens (including phenoxy) is 3. The molecule has 3 rings (SSSR count). The van der Waals surface area contributed by atoms with Crippen LogP contribution in [0.3, 0.4) is 0 Å². The van der Waals surface area contributed by atoms with Gasteiger partial charge in [0.15, 0.2) is 0 Å². The molecule has 160 valence electrons. The van der Waals surface area contributed by atoms with E-state index in [1.165, 1.54) is 7.11 Å². The molecule has 2 N–H and O–H groups in total. The van der Waals surface area contributed by atoms with Crippen molar-refractivity contribution in [3.63, 3.8) is 0 Å². The highest BCUT2D eigenvalue weighted by molar-refractivity contribution is 9.10. The van der Waals surface area contributed by atoms with Gasteiger partial charge < -0.3 is 19.9 Å². The third-order valence-electron chi connectivity index (χ3n) is 5.27. The molecule has 0 bridgehead atoms. The number of halogens is 1. The van der Waals surface area contributed by atoms with Crippen LogP contribution in [0.2, 0.25) is 0 Å². The number of nitrogens with zero attached hydrogens (tertiary/aromatic N) is 1. The molecule has 0 aliphatic carbocycles. The Morgan fingerprint density at radius 2 is 1.94 bits per heavy atom.